The second-order valence-corrected chi connectivity index (χ2v) is 4.40. The molecule has 0 atom stereocenters. The van der Waals surface area contributed by atoms with Gasteiger partial charge in [-0.05, 0) is 26.3 Å². The van der Waals surface area contributed by atoms with E-state index < -0.39 is 0 Å². The molecule has 106 valence electrons. The van der Waals surface area contributed by atoms with E-state index in [1.54, 1.807) is 19.0 Å². The number of esters is 1. The molecule has 5 nitrogen and oxygen atoms in total. The largest absolute Gasteiger partial charge is 0.466 e. The minimum Gasteiger partial charge on any atom is -0.466 e. The van der Waals surface area contributed by atoms with Crippen molar-refractivity contribution < 1.29 is 14.3 Å². The highest BCUT2D eigenvalue weighted by atomic mass is 16.5. The Bertz CT molecular complexity index is 242. The Labute approximate surface area is 110 Å². The third-order valence-electron chi connectivity index (χ3n) is 2.55. The van der Waals surface area contributed by atoms with E-state index in [9.17, 15) is 9.59 Å². The Morgan fingerprint density at radius 3 is 2.39 bits per heavy atom. The number of amides is 1. The molecule has 5 heteroatoms. The molecule has 0 saturated heterocycles. The summed E-state index contributed by atoms with van der Waals surface area (Å²) >= 11 is 0. The fraction of sp³-hybridized carbons (Fsp3) is 0.846. The van der Waals surface area contributed by atoms with E-state index in [-0.39, 0.29) is 11.9 Å². The molecule has 0 aliphatic carbocycles. The van der Waals surface area contributed by atoms with Crippen LogP contribution in [0.4, 0.5) is 0 Å². The van der Waals surface area contributed by atoms with Gasteiger partial charge in [0.15, 0.2) is 0 Å². The number of nitrogens with one attached hydrogen (secondary N) is 1. The zero-order valence-corrected chi connectivity index (χ0v) is 11.8. The van der Waals surface area contributed by atoms with Gasteiger partial charge in [0.05, 0.1) is 6.61 Å². The van der Waals surface area contributed by atoms with Crippen LogP contribution in [0, 0.1) is 0 Å². The lowest BCUT2D eigenvalue weighted by Crippen LogP contribution is -2.27. The van der Waals surface area contributed by atoms with Gasteiger partial charge in [-0.25, -0.2) is 0 Å². The molecule has 0 spiro atoms. The average Bonchev–Trinajstić information content (AvgIpc) is 2.32. The molecule has 18 heavy (non-hydrogen) atoms. The van der Waals surface area contributed by atoms with Gasteiger partial charge in [-0.3, -0.25) is 9.59 Å². The van der Waals surface area contributed by atoms with Gasteiger partial charge in [0.2, 0.25) is 5.91 Å². The molecule has 0 rings (SSSR count). The van der Waals surface area contributed by atoms with Gasteiger partial charge in [-0.2, -0.15) is 0 Å². The number of unbranched alkanes of at least 4 members (excludes halogenated alkanes) is 2. The van der Waals surface area contributed by atoms with Crippen molar-refractivity contribution in [2.24, 2.45) is 0 Å². The summed E-state index contributed by atoms with van der Waals surface area (Å²) in [7, 11) is 3.52. The van der Waals surface area contributed by atoms with Gasteiger partial charge in [0.25, 0.3) is 0 Å². The van der Waals surface area contributed by atoms with Gasteiger partial charge >= 0.3 is 5.97 Å². The Morgan fingerprint density at radius 2 is 1.78 bits per heavy atom. The van der Waals surface area contributed by atoms with Crippen LogP contribution < -0.4 is 5.32 Å². The summed E-state index contributed by atoms with van der Waals surface area (Å²) in [6, 6.07) is 0. The average molecular weight is 258 g/mol. The highest BCUT2D eigenvalue weighted by molar-refractivity contribution is 5.75. The second-order valence-electron chi connectivity index (χ2n) is 4.40. The molecule has 0 aromatic carbocycles. The smallest absolute Gasteiger partial charge is 0.305 e. The van der Waals surface area contributed by atoms with E-state index >= 15 is 0 Å². The predicted molar refractivity (Wildman–Crippen MR) is 71.3 cm³/mol. The lowest BCUT2D eigenvalue weighted by molar-refractivity contribution is -0.143. The van der Waals surface area contributed by atoms with Crippen LogP contribution in [0.15, 0.2) is 0 Å². The Morgan fingerprint density at radius 1 is 1.06 bits per heavy atom. The van der Waals surface area contributed by atoms with Gasteiger partial charge < -0.3 is 15.0 Å². The zero-order chi connectivity index (χ0) is 13.8. The SMILES string of the molecule is CCOC(=O)CCCCCNCCC(=O)N(C)C. The first-order chi connectivity index (χ1) is 8.57. The number of nitrogens with zero attached hydrogens (tertiary/aromatic N) is 1. The van der Waals surface area contributed by atoms with Crippen LogP contribution in [-0.2, 0) is 14.3 Å². The molecule has 0 fully saturated rings. The molecular weight excluding hydrogens is 232 g/mol. The quantitative estimate of drug-likeness (QED) is 0.472. The van der Waals surface area contributed by atoms with Crippen LogP contribution in [0.5, 0.6) is 0 Å². The number of hydrogen-bond donors (Lipinski definition) is 1. The molecule has 0 aromatic rings. The van der Waals surface area contributed by atoms with Gasteiger partial charge in [0, 0.05) is 33.5 Å². The van der Waals surface area contributed by atoms with E-state index in [2.05, 4.69) is 5.32 Å². The van der Waals surface area contributed by atoms with Crippen LogP contribution in [-0.4, -0.2) is 50.6 Å². The van der Waals surface area contributed by atoms with Crippen molar-refractivity contribution in [3.63, 3.8) is 0 Å². The minimum absolute atomic E-state index is 0.109. The minimum atomic E-state index is -0.109. The number of carbonyl (C=O) groups excluding carboxylic acids is 2. The first kappa shape index (κ1) is 16.9. The van der Waals surface area contributed by atoms with Gasteiger partial charge in [-0.15, -0.1) is 0 Å². The van der Waals surface area contributed by atoms with Crippen molar-refractivity contribution in [1.82, 2.24) is 10.2 Å². The predicted octanol–water partition coefficient (Wildman–Crippen LogP) is 1.18. The van der Waals surface area contributed by atoms with Crippen molar-refractivity contribution in [2.45, 2.75) is 39.0 Å². The normalized spacial score (nSPS) is 10.2. The first-order valence-corrected chi connectivity index (χ1v) is 6.64. The van der Waals surface area contributed by atoms with Crippen molar-refractivity contribution in [3.8, 4) is 0 Å². The summed E-state index contributed by atoms with van der Waals surface area (Å²) in [4.78, 5) is 23.9. The number of hydrogen-bond acceptors (Lipinski definition) is 4. The maximum Gasteiger partial charge on any atom is 0.305 e. The molecule has 1 N–H and O–H groups in total. The number of rotatable bonds is 10. The van der Waals surface area contributed by atoms with Crippen LogP contribution >= 0.6 is 0 Å². The van der Waals surface area contributed by atoms with Crippen molar-refractivity contribution in [3.05, 3.63) is 0 Å². The summed E-state index contributed by atoms with van der Waals surface area (Å²) in [5.74, 6) is 0.0341. The highest BCUT2D eigenvalue weighted by Gasteiger charge is 2.02. The second kappa shape index (κ2) is 11.0. The zero-order valence-electron chi connectivity index (χ0n) is 11.8. The third kappa shape index (κ3) is 10.1. The fourth-order valence-electron chi connectivity index (χ4n) is 1.47. The maximum atomic E-state index is 11.2. The summed E-state index contributed by atoms with van der Waals surface area (Å²) in [5.41, 5.74) is 0. The Hall–Kier alpha value is -1.10. The van der Waals surface area contributed by atoms with Crippen LogP contribution in [0.2, 0.25) is 0 Å². The van der Waals surface area contributed by atoms with E-state index in [0.717, 1.165) is 32.4 Å². The molecule has 1 amide bonds. The van der Waals surface area contributed by atoms with Crippen LogP contribution in [0.1, 0.15) is 39.0 Å². The van der Waals surface area contributed by atoms with Crippen molar-refractivity contribution in [2.75, 3.05) is 33.8 Å². The fourth-order valence-corrected chi connectivity index (χ4v) is 1.47. The van der Waals surface area contributed by atoms with Crippen LogP contribution in [0.3, 0.4) is 0 Å². The Balaban J connectivity index is 3.21. The summed E-state index contributed by atoms with van der Waals surface area (Å²) in [6.07, 6.45) is 3.95. The topological polar surface area (TPSA) is 58.6 Å². The monoisotopic (exact) mass is 258 g/mol. The molecule has 0 aromatic heterocycles. The third-order valence-corrected chi connectivity index (χ3v) is 2.55. The summed E-state index contributed by atoms with van der Waals surface area (Å²) < 4.78 is 4.84. The standard InChI is InChI=1S/C13H26N2O3/c1-4-18-13(17)8-6-5-7-10-14-11-9-12(16)15(2)3/h14H,4-11H2,1-3H3. The lowest BCUT2D eigenvalue weighted by atomic mass is 10.2. The van der Waals surface area contributed by atoms with E-state index in [1.807, 2.05) is 6.92 Å². The van der Waals surface area contributed by atoms with Gasteiger partial charge in [-0.1, -0.05) is 6.42 Å². The maximum absolute atomic E-state index is 11.2. The lowest BCUT2D eigenvalue weighted by Gasteiger charge is -2.10. The molecule has 0 saturated carbocycles. The number of ether oxygens (including phenoxy) is 1. The molecule has 0 unspecified atom stereocenters. The van der Waals surface area contributed by atoms with Crippen molar-refractivity contribution in [1.29, 1.82) is 0 Å². The summed E-state index contributed by atoms with van der Waals surface area (Å²) in [5, 5.41) is 3.22. The molecule has 0 radical (unpaired) electrons. The van der Waals surface area contributed by atoms with E-state index in [1.165, 1.54) is 0 Å². The molecule has 0 aliphatic rings. The molecule has 0 bridgehead atoms. The van der Waals surface area contributed by atoms with Crippen LogP contribution in [0.25, 0.3) is 0 Å². The van der Waals surface area contributed by atoms with Crippen molar-refractivity contribution >= 4 is 11.9 Å². The summed E-state index contributed by atoms with van der Waals surface area (Å²) in [6.45, 7) is 3.88. The molecule has 0 aliphatic heterocycles. The molecular formula is C13H26N2O3. The molecule has 0 heterocycles. The number of carbonyl (C=O) groups is 2. The van der Waals surface area contributed by atoms with E-state index in [0.29, 0.717) is 19.4 Å². The first-order valence-electron chi connectivity index (χ1n) is 6.64. The highest BCUT2D eigenvalue weighted by Crippen LogP contribution is 2.00. The van der Waals surface area contributed by atoms with Gasteiger partial charge in [0.1, 0.15) is 0 Å². The Kier molecular flexibility index (Phi) is 10.3. The van der Waals surface area contributed by atoms with E-state index in [4.69, 9.17) is 4.74 Å².